The van der Waals surface area contributed by atoms with E-state index in [2.05, 4.69) is 10.9 Å². The summed E-state index contributed by atoms with van der Waals surface area (Å²) in [6.07, 6.45) is 5.16. The summed E-state index contributed by atoms with van der Waals surface area (Å²) in [7, 11) is 0. The van der Waals surface area contributed by atoms with Crippen LogP contribution in [0.4, 0.5) is 14.5 Å². The highest BCUT2D eigenvalue weighted by Gasteiger charge is 2.26. The molecule has 15 heavy (non-hydrogen) atoms. The van der Waals surface area contributed by atoms with Gasteiger partial charge in [-0.2, -0.15) is 13.8 Å². The minimum absolute atomic E-state index is 0.0681. The highest BCUT2D eigenvalue weighted by Crippen LogP contribution is 2.32. The highest BCUT2D eigenvalue weighted by molar-refractivity contribution is 5.58. The van der Waals surface area contributed by atoms with Gasteiger partial charge in [0.15, 0.2) is 0 Å². The maximum atomic E-state index is 13.3. The van der Waals surface area contributed by atoms with Crippen molar-refractivity contribution in [2.45, 2.75) is 26.2 Å². The lowest BCUT2D eigenvalue weighted by atomic mass is 9.83. The predicted molar refractivity (Wildman–Crippen MR) is 55.2 cm³/mol. The van der Waals surface area contributed by atoms with Crippen molar-refractivity contribution in [1.82, 2.24) is 4.98 Å². The zero-order valence-electron chi connectivity index (χ0n) is 8.86. The maximum absolute atomic E-state index is 13.3. The van der Waals surface area contributed by atoms with Gasteiger partial charge in [-0.15, -0.1) is 6.42 Å². The number of anilines is 1. The van der Waals surface area contributed by atoms with Crippen LogP contribution in [0.3, 0.4) is 0 Å². The molecule has 1 aromatic heterocycles. The van der Waals surface area contributed by atoms with Crippen molar-refractivity contribution < 1.29 is 8.78 Å². The zero-order valence-corrected chi connectivity index (χ0v) is 8.86. The first-order chi connectivity index (χ1) is 6.79. The zero-order chi connectivity index (χ0) is 11.8. The Balaban J connectivity index is 3.68. The van der Waals surface area contributed by atoms with Crippen LogP contribution in [0.25, 0.3) is 0 Å². The normalized spacial score (nSPS) is 11.2. The Bertz CT molecular complexity index is 439. The molecule has 0 aliphatic carbocycles. The number of hydrogen-bond acceptors (Lipinski definition) is 2. The quantitative estimate of drug-likeness (QED) is 0.526. The van der Waals surface area contributed by atoms with Crippen LogP contribution in [0, 0.1) is 24.2 Å². The van der Waals surface area contributed by atoms with E-state index in [0.29, 0.717) is 0 Å². The van der Waals surface area contributed by atoms with E-state index in [1.807, 2.05) is 0 Å². The minimum Gasteiger partial charge on any atom is -0.395 e. The van der Waals surface area contributed by atoms with Gasteiger partial charge in [0.25, 0.3) is 0 Å². The van der Waals surface area contributed by atoms with Crippen LogP contribution in [0.5, 0.6) is 0 Å². The van der Waals surface area contributed by atoms with Gasteiger partial charge in [0, 0.05) is 5.56 Å². The SMILES string of the molecule is C#Cc1c(F)nc(F)c(N)c1C(C)(C)C. The van der Waals surface area contributed by atoms with E-state index in [0.717, 1.165) is 0 Å². The Morgan fingerprint density at radius 1 is 1.27 bits per heavy atom. The number of terminal acetylenes is 1. The summed E-state index contributed by atoms with van der Waals surface area (Å²) in [5.41, 5.74) is 5.02. The molecule has 4 heteroatoms. The number of nitrogen functional groups attached to an aromatic ring is 1. The molecule has 80 valence electrons. The molecule has 0 saturated heterocycles. The van der Waals surface area contributed by atoms with Crippen molar-refractivity contribution in [3.05, 3.63) is 23.0 Å². The van der Waals surface area contributed by atoms with E-state index in [1.54, 1.807) is 20.8 Å². The molecule has 0 aliphatic rings. The lowest BCUT2D eigenvalue weighted by Crippen LogP contribution is -2.19. The van der Waals surface area contributed by atoms with Crippen molar-refractivity contribution in [2.75, 3.05) is 5.73 Å². The van der Waals surface area contributed by atoms with Crippen LogP contribution in [0.2, 0.25) is 0 Å². The van der Waals surface area contributed by atoms with Gasteiger partial charge < -0.3 is 5.73 Å². The van der Waals surface area contributed by atoms with E-state index in [1.165, 1.54) is 0 Å². The first-order valence-corrected chi connectivity index (χ1v) is 4.40. The monoisotopic (exact) mass is 210 g/mol. The van der Waals surface area contributed by atoms with E-state index >= 15 is 0 Å². The van der Waals surface area contributed by atoms with Crippen molar-refractivity contribution in [1.29, 1.82) is 0 Å². The van der Waals surface area contributed by atoms with Crippen LogP contribution >= 0.6 is 0 Å². The summed E-state index contributed by atoms with van der Waals surface area (Å²) >= 11 is 0. The fraction of sp³-hybridized carbons (Fsp3) is 0.364. The third kappa shape index (κ3) is 1.91. The molecule has 0 spiro atoms. The van der Waals surface area contributed by atoms with Gasteiger partial charge in [-0.25, -0.2) is 0 Å². The Labute approximate surface area is 87.5 Å². The fourth-order valence-corrected chi connectivity index (χ4v) is 1.45. The largest absolute Gasteiger partial charge is 0.395 e. The van der Waals surface area contributed by atoms with Crippen LogP contribution in [0.15, 0.2) is 0 Å². The number of rotatable bonds is 0. The molecule has 0 unspecified atom stereocenters. The van der Waals surface area contributed by atoms with Gasteiger partial charge in [0.1, 0.15) is 0 Å². The summed E-state index contributed by atoms with van der Waals surface area (Å²) in [6.45, 7) is 5.33. The topological polar surface area (TPSA) is 38.9 Å². The van der Waals surface area contributed by atoms with Gasteiger partial charge >= 0.3 is 0 Å². The average Bonchev–Trinajstić information content (AvgIpc) is 2.08. The Morgan fingerprint density at radius 2 is 1.80 bits per heavy atom. The van der Waals surface area contributed by atoms with E-state index in [-0.39, 0.29) is 16.8 Å². The van der Waals surface area contributed by atoms with Gasteiger partial charge in [0.05, 0.1) is 11.3 Å². The molecule has 0 saturated carbocycles. The number of nitrogens with two attached hydrogens (primary N) is 1. The van der Waals surface area contributed by atoms with Crippen molar-refractivity contribution in [2.24, 2.45) is 0 Å². The molecule has 1 rings (SSSR count). The molecule has 0 radical (unpaired) electrons. The van der Waals surface area contributed by atoms with Gasteiger partial charge in [-0.1, -0.05) is 26.7 Å². The third-order valence-electron chi connectivity index (χ3n) is 2.04. The Morgan fingerprint density at radius 3 is 2.20 bits per heavy atom. The number of halogens is 2. The van der Waals surface area contributed by atoms with Crippen LogP contribution in [-0.2, 0) is 5.41 Å². The lowest BCUT2D eigenvalue weighted by Gasteiger charge is -2.23. The van der Waals surface area contributed by atoms with E-state index < -0.39 is 17.3 Å². The molecular weight excluding hydrogens is 198 g/mol. The maximum Gasteiger partial charge on any atom is 0.239 e. The first-order valence-electron chi connectivity index (χ1n) is 4.40. The van der Waals surface area contributed by atoms with Gasteiger partial charge in [-0.3, -0.25) is 0 Å². The average molecular weight is 210 g/mol. The molecule has 0 fully saturated rings. The van der Waals surface area contributed by atoms with Crippen molar-refractivity contribution in [3.8, 4) is 12.3 Å². The lowest BCUT2D eigenvalue weighted by molar-refractivity contribution is 0.495. The van der Waals surface area contributed by atoms with Crippen LogP contribution in [0.1, 0.15) is 31.9 Å². The van der Waals surface area contributed by atoms with Gasteiger partial charge in [0.2, 0.25) is 11.9 Å². The standard InChI is InChI=1S/C11H12F2N2/c1-5-6-7(11(2,3)4)8(14)10(13)15-9(6)12/h1H,14H2,2-4H3. The molecule has 1 heterocycles. The molecule has 2 nitrogen and oxygen atoms in total. The molecule has 0 aliphatic heterocycles. The summed E-state index contributed by atoms with van der Waals surface area (Å²) in [5, 5.41) is 0. The van der Waals surface area contributed by atoms with Crippen LogP contribution in [-0.4, -0.2) is 4.98 Å². The smallest absolute Gasteiger partial charge is 0.239 e. The third-order valence-corrected chi connectivity index (χ3v) is 2.04. The summed E-state index contributed by atoms with van der Waals surface area (Å²) in [4.78, 5) is 3.02. The van der Waals surface area contributed by atoms with E-state index in [4.69, 9.17) is 12.2 Å². The second kappa shape index (κ2) is 3.50. The molecule has 0 bridgehead atoms. The molecular formula is C11H12F2N2. The molecule has 1 aromatic rings. The Hall–Kier alpha value is -1.63. The number of nitrogens with zero attached hydrogens (tertiary/aromatic N) is 1. The number of hydrogen-bond donors (Lipinski definition) is 1. The Kier molecular flexibility index (Phi) is 2.67. The van der Waals surface area contributed by atoms with E-state index in [9.17, 15) is 8.78 Å². The minimum atomic E-state index is -1.02. The highest BCUT2D eigenvalue weighted by atomic mass is 19.1. The van der Waals surface area contributed by atoms with Crippen LogP contribution < -0.4 is 5.73 Å². The summed E-state index contributed by atoms with van der Waals surface area (Å²) in [5.74, 6) is 0.146. The summed E-state index contributed by atoms with van der Waals surface area (Å²) < 4.78 is 26.4. The predicted octanol–water partition coefficient (Wildman–Crippen LogP) is 2.22. The molecule has 0 aromatic carbocycles. The second-order valence-electron chi connectivity index (χ2n) is 4.25. The molecule has 2 N–H and O–H groups in total. The first kappa shape index (κ1) is 11.4. The molecule has 0 atom stereocenters. The number of aromatic nitrogens is 1. The summed E-state index contributed by atoms with van der Waals surface area (Å²) in [6, 6.07) is 0. The van der Waals surface area contributed by atoms with Crippen molar-refractivity contribution >= 4 is 5.69 Å². The number of pyridine rings is 1. The fourth-order valence-electron chi connectivity index (χ4n) is 1.45. The second-order valence-corrected chi connectivity index (χ2v) is 4.25. The van der Waals surface area contributed by atoms with Gasteiger partial charge in [-0.05, 0) is 5.41 Å². The van der Waals surface area contributed by atoms with Crippen molar-refractivity contribution in [3.63, 3.8) is 0 Å². The molecule has 0 amide bonds.